The first-order chi connectivity index (χ1) is 12.9. The van der Waals surface area contributed by atoms with Crippen molar-refractivity contribution in [3.05, 3.63) is 59.2 Å². The van der Waals surface area contributed by atoms with Crippen molar-refractivity contribution in [2.75, 3.05) is 29.2 Å². The van der Waals surface area contributed by atoms with Crippen LogP contribution in [0.15, 0.2) is 42.5 Å². The SMILES string of the molecule is CNC(=O)c1ccc(NC(=O)CSCC(=O)Nc2ccc(C)cc2C)cc1. The first-order valence-electron chi connectivity index (χ1n) is 8.46. The molecule has 0 aromatic heterocycles. The molecule has 6 nitrogen and oxygen atoms in total. The molecule has 3 amide bonds. The third-order valence-corrected chi connectivity index (χ3v) is 4.71. The Morgan fingerprint density at radius 2 is 1.52 bits per heavy atom. The van der Waals surface area contributed by atoms with Crippen LogP contribution in [0.25, 0.3) is 0 Å². The van der Waals surface area contributed by atoms with Crippen molar-refractivity contribution in [2.45, 2.75) is 13.8 Å². The number of anilines is 2. The van der Waals surface area contributed by atoms with E-state index in [9.17, 15) is 14.4 Å². The summed E-state index contributed by atoms with van der Waals surface area (Å²) in [4.78, 5) is 35.5. The maximum absolute atomic E-state index is 12.0. The molecule has 2 aromatic rings. The highest BCUT2D eigenvalue weighted by molar-refractivity contribution is 8.00. The minimum Gasteiger partial charge on any atom is -0.355 e. The van der Waals surface area contributed by atoms with Crippen LogP contribution in [0.2, 0.25) is 0 Å². The number of thioether (sulfide) groups is 1. The predicted molar refractivity (Wildman–Crippen MR) is 110 cm³/mol. The molecule has 0 fully saturated rings. The molecule has 0 atom stereocenters. The lowest BCUT2D eigenvalue weighted by Crippen LogP contribution is -2.19. The minimum absolute atomic E-state index is 0.144. The highest BCUT2D eigenvalue weighted by Gasteiger charge is 2.09. The van der Waals surface area contributed by atoms with Gasteiger partial charge in [-0.3, -0.25) is 14.4 Å². The average molecular weight is 385 g/mol. The summed E-state index contributed by atoms with van der Waals surface area (Å²) in [5.41, 5.74) is 4.05. The molecule has 3 N–H and O–H groups in total. The van der Waals surface area contributed by atoms with Gasteiger partial charge in [0.25, 0.3) is 5.91 Å². The van der Waals surface area contributed by atoms with Crippen LogP contribution in [-0.4, -0.2) is 36.3 Å². The molecule has 0 saturated carbocycles. The Balaban J connectivity index is 1.75. The van der Waals surface area contributed by atoms with Crippen molar-refractivity contribution in [1.82, 2.24) is 5.32 Å². The molecule has 0 aliphatic rings. The molecule has 0 bridgehead atoms. The molecular weight excluding hydrogens is 362 g/mol. The fourth-order valence-electron chi connectivity index (χ4n) is 2.42. The van der Waals surface area contributed by atoms with Crippen molar-refractivity contribution >= 4 is 40.9 Å². The standard InChI is InChI=1S/C20H23N3O3S/c1-13-4-9-17(14(2)10-13)23-19(25)12-27-11-18(24)22-16-7-5-15(6-8-16)20(26)21-3/h4-10H,11-12H2,1-3H3,(H,21,26)(H,22,24)(H,23,25). The van der Waals surface area contributed by atoms with E-state index in [1.54, 1.807) is 31.3 Å². The number of rotatable bonds is 7. The van der Waals surface area contributed by atoms with E-state index in [1.165, 1.54) is 11.8 Å². The molecule has 0 aliphatic heterocycles. The molecule has 2 rings (SSSR count). The van der Waals surface area contributed by atoms with Crippen molar-refractivity contribution in [3.63, 3.8) is 0 Å². The normalized spacial score (nSPS) is 10.2. The van der Waals surface area contributed by atoms with Gasteiger partial charge < -0.3 is 16.0 Å². The van der Waals surface area contributed by atoms with Crippen molar-refractivity contribution in [3.8, 4) is 0 Å². The topological polar surface area (TPSA) is 87.3 Å². The van der Waals surface area contributed by atoms with Gasteiger partial charge in [0.15, 0.2) is 0 Å². The summed E-state index contributed by atoms with van der Waals surface area (Å²) in [5.74, 6) is -0.173. The van der Waals surface area contributed by atoms with Gasteiger partial charge >= 0.3 is 0 Å². The van der Waals surface area contributed by atoms with Gasteiger partial charge in [-0.05, 0) is 49.7 Å². The number of hydrogen-bond acceptors (Lipinski definition) is 4. The van der Waals surface area contributed by atoms with E-state index in [1.807, 2.05) is 32.0 Å². The van der Waals surface area contributed by atoms with Crippen LogP contribution >= 0.6 is 11.8 Å². The second-order valence-electron chi connectivity index (χ2n) is 6.06. The van der Waals surface area contributed by atoms with Gasteiger partial charge in [0.2, 0.25) is 11.8 Å². The van der Waals surface area contributed by atoms with E-state index < -0.39 is 0 Å². The highest BCUT2D eigenvalue weighted by Crippen LogP contribution is 2.16. The van der Waals surface area contributed by atoms with Gasteiger partial charge in [0.05, 0.1) is 11.5 Å². The lowest BCUT2D eigenvalue weighted by Gasteiger charge is -2.09. The Morgan fingerprint density at radius 1 is 0.889 bits per heavy atom. The Hall–Kier alpha value is -2.80. The van der Waals surface area contributed by atoms with Gasteiger partial charge in [-0.25, -0.2) is 0 Å². The zero-order chi connectivity index (χ0) is 19.8. The number of carbonyl (C=O) groups excluding carboxylic acids is 3. The van der Waals surface area contributed by atoms with E-state index >= 15 is 0 Å². The molecule has 27 heavy (non-hydrogen) atoms. The molecule has 2 aromatic carbocycles. The summed E-state index contributed by atoms with van der Waals surface area (Å²) in [6.45, 7) is 3.94. The largest absolute Gasteiger partial charge is 0.355 e. The number of aryl methyl sites for hydroxylation is 2. The number of nitrogens with one attached hydrogen (secondary N) is 3. The molecule has 0 spiro atoms. The monoisotopic (exact) mass is 385 g/mol. The third-order valence-electron chi connectivity index (χ3n) is 3.78. The van der Waals surface area contributed by atoms with Gasteiger partial charge in [0, 0.05) is 24.0 Å². The smallest absolute Gasteiger partial charge is 0.251 e. The lowest BCUT2D eigenvalue weighted by atomic mass is 10.1. The van der Waals surface area contributed by atoms with E-state index in [2.05, 4.69) is 16.0 Å². The number of carbonyl (C=O) groups is 3. The average Bonchev–Trinajstić information content (AvgIpc) is 2.64. The molecule has 0 heterocycles. The van der Waals surface area contributed by atoms with E-state index in [0.29, 0.717) is 11.3 Å². The van der Waals surface area contributed by atoms with Gasteiger partial charge in [-0.1, -0.05) is 17.7 Å². The second-order valence-corrected chi connectivity index (χ2v) is 7.05. The third kappa shape index (κ3) is 6.45. The second kappa shape index (κ2) is 9.78. The van der Waals surface area contributed by atoms with E-state index in [0.717, 1.165) is 16.8 Å². The maximum Gasteiger partial charge on any atom is 0.251 e. The van der Waals surface area contributed by atoms with Gasteiger partial charge in [-0.15, -0.1) is 11.8 Å². The van der Waals surface area contributed by atoms with Crippen LogP contribution in [0, 0.1) is 13.8 Å². The molecule has 0 saturated heterocycles. The first-order valence-corrected chi connectivity index (χ1v) is 9.61. The number of hydrogen-bond donors (Lipinski definition) is 3. The van der Waals surface area contributed by atoms with Crippen LogP contribution in [0.1, 0.15) is 21.5 Å². The Morgan fingerprint density at radius 3 is 2.11 bits per heavy atom. The summed E-state index contributed by atoms with van der Waals surface area (Å²) in [5, 5.41) is 8.13. The molecular formula is C20H23N3O3S. The Labute approximate surface area is 163 Å². The molecule has 7 heteroatoms. The predicted octanol–water partition coefficient (Wildman–Crippen LogP) is 2.97. The zero-order valence-electron chi connectivity index (χ0n) is 15.6. The van der Waals surface area contributed by atoms with E-state index in [-0.39, 0.29) is 29.2 Å². The highest BCUT2D eigenvalue weighted by atomic mass is 32.2. The first kappa shape index (κ1) is 20.5. The van der Waals surface area contributed by atoms with Crippen molar-refractivity contribution < 1.29 is 14.4 Å². The van der Waals surface area contributed by atoms with Gasteiger partial charge in [0.1, 0.15) is 0 Å². The van der Waals surface area contributed by atoms with E-state index in [4.69, 9.17) is 0 Å². The summed E-state index contributed by atoms with van der Waals surface area (Å²) >= 11 is 1.24. The van der Waals surface area contributed by atoms with Gasteiger partial charge in [-0.2, -0.15) is 0 Å². The molecule has 0 radical (unpaired) electrons. The minimum atomic E-state index is -0.202. The summed E-state index contributed by atoms with van der Waals surface area (Å²) in [6, 6.07) is 12.4. The lowest BCUT2D eigenvalue weighted by molar-refractivity contribution is -0.114. The van der Waals surface area contributed by atoms with Crippen LogP contribution in [0.3, 0.4) is 0 Å². The van der Waals surface area contributed by atoms with Crippen LogP contribution in [0.4, 0.5) is 11.4 Å². The number of benzene rings is 2. The summed E-state index contributed by atoms with van der Waals surface area (Å²) in [7, 11) is 1.56. The van der Waals surface area contributed by atoms with Crippen LogP contribution in [0.5, 0.6) is 0 Å². The molecule has 142 valence electrons. The summed E-state index contributed by atoms with van der Waals surface area (Å²) < 4.78 is 0. The van der Waals surface area contributed by atoms with Crippen molar-refractivity contribution in [2.24, 2.45) is 0 Å². The Kier molecular flexibility index (Phi) is 7.43. The fraction of sp³-hybridized carbons (Fsp3) is 0.250. The summed E-state index contributed by atoms with van der Waals surface area (Å²) in [6.07, 6.45) is 0. The van der Waals surface area contributed by atoms with Crippen LogP contribution in [-0.2, 0) is 9.59 Å². The molecule has 0 unspecified atom stereocenters. The maximum atomic E-state index is 12.0. The zero-order valence-corrected chi connectivity index (χ0v) is 16.4. The molecule has 0 aliphatic carbocycles. The quantitative estimate of drug-likeness (QED) is 0.684. The Bertz CT molecular complexity index is 835. The van der Waals surface area contributed by atoms with Crippen LogP contribution < -0.4 is 16.0 Å². The number of amides is 3. The van der Waals surface area contributed by atoms with Crippen molar-refractivity contribution in [1.29, 1.82) is 0 Å². The fourth-order valence-corrected chi connectivity index (χ4v) is 3.04.